The molecule has 6 heteroatoms. The number of hydrogen-bond donors (Lipinski definition) is 1. The van der Waals surface area contributed by atoms with E-state index >= 15 is 0 Å². The molecule has 94 valence electrons. The van der Waals surface area contributed by atoms with Crippen LogP contribution in [0.2, 0.25) is 0 Å². The van der Waals surface area contributed by atoms with E-state index in [0.29, 0.717) is 17.9 Å². The molecule has 0 amide bonds. The fraction of sp³-hybridized carbons (Fsp3) is 0.455. The van der Waals surface area contributed by atoms with Gasteiger partial charge in [-0.2, -0.15) is 0 Å². The molecule has 0 radical (unpaired) electrons. The first-order valence-electron chi connectivity index (χ1n) is 5.46. The summed E-state index contributed by atoms with van der Waals surface area (Å²) >= 11 is 0. The predicted octanol–water partition coefficient (Wildman–Crippen LogP) is 1.19. The Morgan fingerprint density at radius 3 is 2.41 bits per heavy atom. The number of primary sulfonamides is 1. The van der Waals surface area contributed by atoms with Gasteiger partial charge in [-0.1, -0.05) is 13.8 Å². The molecule has 2 aliphatic rings. The van der Waals surface area contributed by atoms with Gasteiger partial charge in [0.2, 0.25) is 16.8 Å². The van der Waals surface area contributed by atoms with Crippen LogP contribution in [0, 0.1) is 0 Å². The van der Waals surface area contributed by atoms with Crippen molar-refractivity contribution in [2.75, 3.05) is 6.79 Å². The topological polar surface area (TPSA) is 78.6 Å². The Hall–Kier alpha value is -1.27. The quantitative estimate of drug-likeness (QED) is 0.882. The zero-order valence-corrected chi connectivity index (χ0v) is 10.6. The largest absolute Gasteiger partial charge is 0.457 e. The third kappa shape index (κ3) is 1.98. The maximum atomic E-state index is 11.5. The van der Waals surface area contributed by atoms with Gasteiger partial charge < -0.3 is 9.47 Å². The third-order valence-corrected chi connectivity index (χ3v) is 3.77. The molecule has 17 heavy (non-hydrogen) atoms. The lowest BCUT2D eigenvalue weighted by Crippen LogP contribution is -2.14. The SMILES string of the molecule is CCc1c2cc(S(N)(=O)=O)c(c1CC)OCO2. The van der Waals surface area contributed by atoms with Crippen LogP contribution in [0.4, 0.5) is 0 Å². The highest BCUT2D eigenvalue weighted by Gasteiger charge is 2.26. The second-order valence-corrected chi connectivity index (χ2v) is 5.35. The molecule has 3 rings (SSSR count). The zero-order valence-electron chi connectivity index (χ0n) is 9.82. The highest BCUT2D eigenvalue weighted by Crippen LogP contribution is 2.39. The van der Waals surface area contributed by atoms with Crippen LogP contribution in [-0.4, -0.2) is 15.2 Å². The van der Waals surface area contributed by atoms with Gasteiger partial charge in [0.1, 0.15) is 16.4 Å². The minimum absolute atomic E-state index is 0.0130. The fourth-order valence-electron chi connectivity index (χ4n) is 2.12. The third-order valence-electron chi connectivity index (χ3n) is 2.85. The van der Waals surface area contributed by atoms with Crippen LogP contribution < -0.4 is 14.6 Å². The Morgan fingerprint density at radius 2 is 1.88 bits per heavy atom. The molecule has 0 fully saturated rings. The second-order valence-electron chi connectivity index (χ2n) is 3.82. The molecule has 0 aromatic heterocycles. The van der Waals surface area contributed by atoms with E-state index in [1.165, 1.54) is 6.07 Å². The summed E-state index contributed by atoms with van der Waals surface area (Å²) < 4.78 is 33.7. The standard InChI is InChI=1S/C11H15NO4S/c1-3-7-8(4-2)11-10(17(12,13)14)5-9(7)15-6-16-11/h5H,3-4,6H2,1-2H3,(H2,12,13,14). The smallest absolute Gasteiger partial charge is 0.241 e. The van der Waals surface area contributed by atoms with E-state index in [1.54, 1.807) is 0 Å². The number of benzene rings is 1. The van der Waals surface area contributed by atoms with Gasteiger partial charge in [0.05, 0.1) is 0 Å². The van der Waals surface area contributed by atoms with E-state index in [9.17, 15) is 8.42 Å². The van der Waals surface area contributed by atoms with Crippen LogP contribution in [0.5, 0.6) is 11.5 Å². The highest BCUT2D eigenvalue weighted by molar-refractivity contribution is 7.89. The highest BCUT2D eigenvalue weighted by atomic mass is 32.2. The van der Waals surface area contributed by atoms with Crippen molar-refractivity contribution < 1.29 is 17.9 Å². The summed E-state index contributed by atoms with van der Waals surface area (Å²) in [6.45, 7) is 3.96. The van der Waals surface area contributed by atoms with Crippen LogP contribution in [0.25, 0.3) is 0 Å². The molecule has 0 spiro atoms. The monoisotopic (exact) mass is 257 g/mol. The molecular weight excluding hydrogens is 242 g/mol. The normalized spacial score (nSPS) is 14.1. The lowest BCUT2D eigenvalue weighted by Gasteiger charge is -2.13. The van der Waals surface area contributed by atoms with Crippen molar-refractivity contribution in [1.29, 1.82) is 0 Å². The summed E-state index contributed by atoms with van der Waals surface area (Å²) in [4.78, 5) is 0.0130. The van der Waals surface area contributed by atoms with Crippen molar-refractivity contribution in [3.63, 3.8) is 0 Å². The minimum atomic E-state index is -3.79. The van der Waals surface area contributed by atoms with Gasteiger partial charge in [0, 0.05) is 17.2 Å². The lowest BCUT2D eigenvalue weighted by atomic mass is 10.0. The number of hydrogen-bond acceptors (Lipinski definition) is 4. The van der Waals surface area contributed by atoms with Gasteiger partial charge in [-0.25, -0.2) is 13.6 Å². The number of nitrogens with two attached hydrogens (primary N) is 1. The Morgan fingerprint density at radius 1 is 1.24 bits per heavy atom. The maximum Gasteiger partial charge on any atom is 0.241 e. The van der Waals surface area contributed by atoms with Crippen LogP contribution in [-0.2, 0) is 22.9 Å². The predicted molar refractivity (Wildman–Crippen MR) is 62.7 cm³/mol. The number of ether oxygens (including phenoxy) is 2. The summed E-state index contributed by atoms with van der Waals surface area (Å²) in [6, 6.07) is 1.45. The zero-order chi connectivity index (χ0) is 12.6. The van der Waals surface area contributed by atoms with Crippen molar-refractivity contribution in [2.24, 2.45) is 5.14 Å². The molecule has 5 nitrogen and oxygen atoms in total. The van der Waals surface area contributed by atoms with Gasteiger partial charge in [0.15, 0.2) is 0 Å². The first-order valence-corrected chi connectivity index (χ1v) is 7.00. The summed E-state index contributed by atoms with van der Waals surface area (Å²) in [6.07, 6.45) is 1.44. The Bertz CT molecular complexity index is 551. The molecule has 0 saturated carbocycles. The van der Waals surface area contributed by atoms with Crippen LogP contribution in [0.15, 0.2) is 11.0 Å². The fourth-order valence-corrected chi connectivity index (χ4v) is 2.83. The van der Waals surface area contributed by atoms with Crippen LogP contribution in [0.3, 0.4) is 0 Å². The molecule has 0 saturated heterocycles. The molecule has 2 aliphatic heterocycles. The van der Waals surface area contributed by atoms with E-state index < -0.39 is 10.0 Å². The Labute approximate surface area is 101 Å². The van der Waals surface area contributed by atoms with E-state index in [-0.39, 0.29) is 11.7 Å². The van der Waals surface area contributed by atoms with E-state index in [0.717, 1.165) is 17.5 Å². The van der Waals surface area contributed by atoms with Crippen molar-refractivity contribution in [1.82, 2.24) is 0 Å². The van der Waals surface area contributed by atoms with Gasteiger partial charge >= 0.3 is 0 Å². The molecule has 2 bridgehead atoms. The van der Waals surface area contributed by atoms with Crippen LogP contribution in [0.1, 0.15) is 25.0 Å². The Balaban J connectivity index is 2.80. The van der Waals surface area contributed by atoms with E-state index in [1.807, 2.05) is 13.8 Å². The van der Waals surface area contributed by atoms with Crippen molar-refractivity contribution in [3.8, 4) is 11.5 Å². The van der Waals surface area contributed by atoms with Gasteiger partial charge in [-0.15, -0.1) is 0 Å². The summed E-state index contributed by atoms with van der Waals surface area (Å²) in [5.41, 5.74) is 1.86. The first-order chi connectivity index (χ1) is 7.99. The van der Waals surface area contributed by atoms with Crippen molar-refractivity contribution >= 4 is 10.0 Å². The van der Waals surface area contributed by atoms with Crippen LogP contribution >= 0.6 is 0 Å². The summed E-state index contributed by atoms with van der Waals surface area (Å²) in [5, 5.41) is 5.18. The van der Waals surface area contributed by atoms with Crippen molar-refractivity contribution in [3.05, 3.63) is 17.2 Å². The average Bonchev–Trinajstić information content (AvgIpc) is 2.57. The van der Waals surface area contributed by atoms with Gasteiger partial charge in [0.25, 0.3) is 0 Å². The Kier molecular flexibility index (Phi) is 3.01. The molecule has 1 aromatic rings. The molecule has 2 heterocycles. The van der Waals surface area contributed by atoms with Gasteiger partial charge in [-0.05, 0) is 12.8 Å². The lowest BCUT2D eigenvalue weighted by molar-refractivity contribution is 0.124. The van der Waals surface area contributed by atoms with E-state index in [2.05, 4.69) is 0 Å². The molecule has 0 aliphatic carbocycles. The minimum Gasteiger partial charge on any atom is -0.457 e. The number of rotatable bonds is 3. The van der Waals surface area contributed by atoms with Gasteiger partial charge in [-0.3, -0.25) is 0 Å². The molecule has 0 atom stereocenters. The average molecular weight is 257 g/mol. The molecular formula is C11H15NO4S. The van der Waals surface area contributed by atoms with Crippen molar-refractivity contribution in [2.45, 2.75) is 31.6 Å². The molecule has 0 unspecified atom stereocenters. The second kappa shape index (κ2) is 4.19. The molecule has 2 N–H and O–H groups in total. The summed E-state index contributed by atoms with van der Waals surface area (Å²) in [7, 11) is -3.79. The number of fused-ring (bicyclic) bond motifs is 4. The molecule has 1 aromatic carbocycles. The maximum absolute atomic E-state index is 11.5. The number of sulfonamides is 1. The van der Waals surface area contributed by atoms with E-state index in [4.69, 9.17) is 14.6 Å². The summed E-state index contributed by atoms with van der Waals surface area (Å²) in [5.74, 6) is 0.891. The first kappa shape index (κ1) is 12.2.